The number of aromatic nitrogens is 1. The zero-order valence-electron chi connectivity index (χ0n) is 13.0. The third-order valence-corrected chi connectivity index (χ3v) is 5.76. The van der Waals surface area contributed by atoms with Gasteiger partial charge in [-0.2, -0.15) is 9.57 Å². The number of hydrogen-bond acceptors (Lipinski definition) is 5. The number of sulfonamides is 1. The van der Waals surface area contributed by atoms with Gasteiger partial charge in [-0.15, -0.1) is 0 Å². The van der Waals surface area contributed by atoms with E-state index < -0.39 is 16.1 Å². The molecule has 0 bridgehead atoms. The van der Waals surface area contributed by atoms with Crippen molar-refractivity contribution in [3.8, 4) is 17.3 Å². The monoisotopic (exact) mass is 343 g/mol. The molecule has 1 atom stereocenters. The Labute approximate surface area is 141 Å². The van der Waals surface area contributed by atoms with E-state index in [0.717, 1.165) is 5.56 Å². The highest BCUT2D eigenvalue weighted by atomic mass is 32.2. The Bertz CT molecular complexity index is 873. The fourth-order valence-corrected chi connectivity index (χ4v) is 4.17. The number of β-amino-alcohol motifs (C(OH)–C–C–N with tert-alkyl or cyclic N) is 1. The summed E-state index contributed by atoms with van der Waals surface area (Å²) in [6.45, 7) is 0.493. The third kappa shape index (κ3) is 3.31. The molecule has 3 rings (SSSR count). The molecule has 1 aromatic carbocycles. The van der Waals surface area contributed by atoms with Crippen molar-refractivity contribution in [1.29, 1.82) is 5.26 Å². The number of aliphatic hydroxyl groups excluding tert-OH is 1. The van der Waals surface area contributed by atoms with E-state index in [4.69, 9.17) is 5.26 Å². The molecule has 0 amide bonds. The number of nitrogens with zero attached hydrogens (tertiary/aromatic N) is 3. The molecule has 1 saturated heterocycles. The minimum atomic E-state index is -3.73. The van der Waals surface area contributed by atoms with E-state index in [1.54, 1.807) is 36.4 Å². The van der Waals surface area contributed by atoms with Gasteiger partial charge >= 0.3 is 0 Å². The van der Waals surface area contributed by atoms with Gasteiger partial charge in [0.05, 0.1) is 23.4 Å². The van der Waals surface area contributed by atoms with Crippen molar-refractivity contribution < 1.29 is 13.5 Å². The minimum absolute atomic E-state index is 0.0292. The third-order valence-electron chi connectivity index (χ3n) is 4.00. The van der Waals surface area contributed by atoms with Crippen LogP contribution in [-0.4, -0.2) is 42.0 Å². The second-order valence-electron chi connectivity index (χ2n) is 5.71. The molecule has 0 spiro atoms. The molecule has 24 heavy (non-hydrogen) atoms. The van der Waals surface area contributed by atoms with Crippen LogP contribution >= 0.6 is 0 Å². The maximum atomic E-state index is 12.7. The molecule has 2 heterocycles. The first kappa shape index (κ1) is 16.6. The van der Waals surface area contributed by atoms with E-state index in [-0.39, 0.29) is 11.6 Å². The van der Waals surface area contributed by atoms with Crippen molar-refractivity contribution in [3.63, 3.8) is 0 Å². The molecule has 1 aliphatic heterocycles. The Morgan fingerprint density at radius 2 is 1.96 bits per heavy atom. The van der Waals surface area contributed by atoms with E-state index in [9.17, 15) is 13.5 Å². The normalized spacial score (nSPS) is 18.9. The van der Waals surface area contributed by atoms with Gasteiger partial charge < -0.3 is 5.11 Å². The summed E-state index contributed by atoms with van der Waals surface area (Å²) < 4.78 is 26.7. The first-order valence-corrected chi connectivity index (χ1v) is 9.10. The molecule has 2 aromatic rings. The van der Waals surface area contributed by atoms with Crippen LogP contribution in [0.4, 0.5) is 0 Å². The molecule has 6 nitrogen and oxygen atoms in total. The van der Waals surface area contributed by atoms with Crippen LogP contribution in [0, 0.1) is 11.3 Å². The van der Waals surface area contributed by atoms with Crippen LogP contribution in [0.3, 0.4) is 0 Å². The lowest BCUT2D eigenvalue weighted by Crippen LogP contribution is -2.42. The zero-order chi connectivity index (χ0) is 17.2. The van der Waals surface area contributed by atoms with Crippen LogP contribution in [0.25, 0.3) is 11.3 Å². The van der Waals surface area contributed by atoms with Gasteiger partial charge in [-0.3, -0.25) is 0 Å². The van der Waals surface area contributed by atoms with E-state index in [1.165, 1.54) is 10.4 Å². The van der Waals surface area contributed by atoms with Gasteiger partial charge in [0, 0.05) is 18.7 Å². The average molecular weight is 343 g/mol. The molecule has 1 aromatic heterocycles. The zero-order valence-corrected chi connectivity index (χ0v) is 13.8. The second kappa shape index (κ2) is 6.69. The maximum absolute atomic E-state index is 12.7. The highest BCUT2D eigenvalue weighted by Gasteiger charge is 2.30. The van der Waals surface area contributed by atoms with Gasteiger partial charge in [-0.25, -0.2) is 13.4 Å². The topological polar surface area (TPSA) is 94.3 Å². The Balaban J connectivity index is 1.93. The maximum Gasteiger partial charge on any atom is 0.260 e. The number of piperidine rings is 1. The summed E-state index contributed by atoms with van der Waals surface area (Å²) in [5.74, 6) is 0. The highest BCUT2D eigenvalue weighted by Crippen LogP contribution is 2.23. The van der Waals surface area contributed by atoms with Crippen LogP contribution in [0.1, 0.15) is 18.4 Å². The Morgan fingerprint density at radius 1 is 1.21 bits per heavy atom. The SMILES string of the molecule is N#Cc1ccc(-c2cccc(S(=O)(=O)N3CCCC(O)C3)n2)cc1. The Morgan fingerprint density at radius 3 is 2.62 bits per heavy atom. The standard InChI is InChI=1S/C17H17N3O3S/c18-11-13-6-8-14(9-7-13)16-4-1-5-17(19-16)24(22,23)20-10-2-3-15(21)12-20/h1,4-9,15,21H,2-3,10,12H2. The molecule has 0 aliphatic carbocycles. The van der Waals surface area contributed by atoms with Crippen molar-refractivity contribution in [3.05, 3.63) is 48.0 Å². The van der Waals surface area contributed by atoms with Crippen LogP contribution in [0.5, 0.6) is 0 Å². The van der Waals surface area contributed by atoms with E-state index >= 15 is 0 Å². The Hall–Kier alpha value is -2.27. The van der Waals surface area contributed by atoms with Crippen LogP contribution in [0.2, 0.25) is 0 Å². The van der Waals surface area contributed by atoms with Crippen molar-refractivity contribution in [2.45, 2.75) is 24.0 Å². The quantitative estimate of drug-likeness (QED) is 0.916. The molecular weight excluding hydrogens is 326 g/mol. The fraction of sp³-hybridized carbons (Fsp3) is 0.294. The largest absolute Gasteiger partial charge is 0.392 e. The van der Waals surface area contributed by atoms with Gasteiger partial charge in [-0.05, 0) is 37.1 Å². The molecule has 1 unspecified atom stereocenters. The van der Waals surface area contributed by atoms with Gasteiger partial charge in [0.15, 0.2) is 5.03 Å². The minimum Gasteiger partial charge on any atom is -0.392 e. The Kier molecular flexibility index (Phi) is 4.62. The first-order chi connectivity index (χ1) is 11.5. The molecule has 1 fully saturated rings. The fourth-order valence-electron chi connectivity index (χ4n) is 2.71. The highest BCUT2D eigenvalue weighted by molar-refractivity contribution is 7.89. The lowest BCUT2D eigenvalue weighted by Gasteiger charge is -2.28. The predicted molar refractivity (Wildman–Crippen MR) is 88.4 cm³/mol. The number of benzene rings is 1. The molecule has 1 aliphatic rings. The van der Waals surface area contributed by atoms with E-state index in [2.05, 4.69) is 4.98 Å². The first-order valence-electron chi connectivity index (χ1n) is 7.66. The molecule has 0 saturated carbocycles. The van der Waals surface area contributed by atoms with Crippen molar-refractivity contribution in [2.24, 2.45) is 0 Å². The lowest BCUT2D eigenvalue weighted by molar-refractivity contribution is 0.108. The smallest absolute Gasteiger partial charge is 0.260 e. The summed E-state index contributed by atoms with van der Waals surface area (Å²) in [6, 6.07) is 13.7. The average Bonchev–Trinajstić information content (AvgIpc) is 2.62. The van der Waals surface area contributed by atoms with Crippen LogP contribution in [0.15, 0.2) is 47.5 Å². The number of nitriles is 1. The lowest BCUT2D eigenvalue weighted by atomic mass is 10.1. The number of aliphatic hydroxyl groups is 1. The summed E-state index contributed by atoms with van der Waals surface area (Å²) in [5.41, 5.74) is 1.80. The van der Waals surface area contributed by atoms with E-state index in [1.807, 2.05) is 6.07 Å². The summed E-state index contributed by atoms with van der Waals surface area (Å²) in [7, 11) is -3.73. The molecule has 7 heteroatoms. The molecule has 0 radical (unpaired) electrons. The van der Waals surface area contributed by atoms with Gasteiger partial charge in [0.2, 0.25) is 0 Å². The summed E-state index contributed by atoms with van der Waals surface area (Å²) in [5, 5.41) is 18.5. The predicted octanol–water partition coefficient (Wildman–Crippen LogP) is 1.77. The molecule has 124 valence electrons. The number of hydrogen-bond donors (Lipinski definition) is 1. The number of rotatable bonds is 3. The van der Waals surface area contributed by atoms with E-state index in [0.29, 0.717) is 30.6 Å². The van der Waals surface area contributed by atoms with Gasteiger partial charge in [-0.1, -0.05) is 18.2 Å². The number of pyridine rings is 1. The molecule has 1 N–H and O–H groups in total. The van der Waals surface area contributed by atoms with Gasteiger partial charge in [0.25, 0.3) is 10.0 Å². The summed E-state index contributed by atoms with van der Waals surface area (Å²) in [6.07, 6.45) is 0.621. The summed E-state index contributed by atoms with van der Waals surface area (Å²) >= 11 is 0. The van der Waals surface area contributed by atoms with Crippen molar-refractivity contribution >= 4 is 10.0 Å². The van der Waals surface area contributed by atoms with Crippen LogP contribution < -0.4 is 0 Å². The van der Waals surface area contributed by atoms with Gasteiger partial charge in [0.1, 0.15) is 0 Å². The van der Waals surface area contributed by atoms with Crippen molar-refractivity contribution in [2.75, 3.05) is 13.1 Å². The van der Waals surface area contributed by atoms with Crippen molar-refractivity contribution in [1.82, 2.24) is 9.29 Å². The second-order valence-corrected chi connectivity index (χ2v) is 7.59. The molecular formula is C17H17N3O3S. The summed E-state index contributed by atoms with van der Waals surface area (Å²) in [4.78, 5) is 4.28. The van der Waals surface area contributed by atoms with Crippen LogP contribution in [-0.2, 0) is 10.0 Å².